The van der Waals surface area contributed by atoms with Gasteiger partial charge in [0, 0.05) is 17.5 Å². The van der Waals surface area contributed by atoms with E-state index in [1.807, 2.05) is 0 Å². The highest BCUT2D eigenvalue weighted by Gasteiger charge is 2.17. The Bertz CT molecular complexity index is 947. The van der Waals surface area contributed by atoms with Crippen LogP contribution in [0.3, 0.4) is 0 Å². The summed E-state index contributed by atoms with van der Waals surface area (Å²) >= 11 is 0. The highest BCUT2D eigenvalue weighted by atomic mass is 16.6. The molecular weight excluding hydrogens is 316 g/mol. The zero-order valence-electron chi connectivity index (χ0n) is 12.5. The Morgan fingerprint density at radius 3 is 2.75 bits per heavy atom. The van der Waals surface area contributed by atoms with E-state index in [2.05, 4.69) is 5.32 Å². The summed E-state index contributed by atoms with van der Waals surface area (Å²) in [4.78, 5) is 22.4. The number of aromatic hydroxyl groups is 1. The average molecular weight is 328 g/mol. The number of rotatable bonds is 4. The van der Waals surface area contributed by atoms with Crippen molar-refractivity contribution >= 4 is 28.3 Å². The summed E-state index contributed by atoms with van der Waals surface area (Å²) in [6, 6.07) is 9.92. The lowest BCUT2D eigenvalue weighted by Crippen LogP contribution is -2.11. The highest BCUT2D eigenvalue weighted by molar-refractivity contribution is 6.05. The second-order valence-corrected chi connectivity index (χ2v) is 4.93. The second kappa shape index (κ2) is 5.92. The van der Waals surface area contributed by atoms with Crippen molar-refractivity contribution in [1.82, 2.24) is 0 Å². The van der Waals surface area contributed by atoms with E-state index in [9.17, 15) is 20.0 Å². The summed E-state index contributed by atoms with van der Waals surface area (Å²) in [7, 11) is 1.53. The Morgan fingerprint density at radius 2 is 2.04 bits per heavy atom. The Balaban J connectivity index is 1.90. The molecule has 1 amide bonds. The lowest BCUT2D eigenvalue weighted by Gasteiger charge is -2.05. The molecule has 0 atom stereocenters. The van der Waals surface area contributed by atoms with Crippen LogP contribution >= 0.6 is 0 Å². The monoisotopic (exact) mass is 328 g/mol. The van der Waals surface area contributed by atoms with Gasteiger partial charge >= 0.3 is 0 Å². The summed E-state index contributed by atoms with van der Waals surface area (Å²) in [6.07, 6.45) is 0. The predicted octanol–water partition coefficient (Wildman–Crippen LogP) is 3.31. The molecule has 0 aliphatic carbocycles. The summed E-state index contributed by atoms with van der Waals surface area (Å²) < 4.78 is 10.5. The van der Waals surface area contributed by atoms with Gasteiger partial charge in [0.2, 0.25) is 0 Å². The van der Waals surface area contributed by atoms with Gasteiger partial charge in [-0.15, -0.1) is 0 Å². The van der Waals surface area contributed by atoms with Crippen LogP contribution in [-0.2, 0) is 0 Å². The molecule has 8 heteroatoms. The lowest BCUT2D eigenvalue weighted by molar-refractivity contribution is -0.384. The van der Waals surface area contributed by atoms with Crippen molar-refractivity contribution in [3.05, 3.63) is 58.3 Å². The van der Waals surface area contributed by atoms with Gasteiger partial charge in [-0.2, -0.15) is 0 Å². The van der Waals surface area contributed by atoms with Crippen LogP contribution in [-0.4, -0.2) is 23.0 Å². The number of nitrogens with zero attached hydrogens (tertiary/aromatic N) is 1. The van der Waals surface area contributed by atoms with Gasteiger partial charge < -0.3 is 19.6 Å². The van der Waals surface area contributed by atoms with Gasteiger partial charge in [0.05, 0.1) is 17.7 Å². The normalized spacial score (nSPS) is 10.5. The van der Waals surface area contributed by atoms with Crippen molar-refractivity contribution in [2.24, 2.45) is 0 Å². The van der Waals surface area contributed by atoms with Crippen LogP contribution in [0.5, 0.6) is 11.5 Å². The molecule has 0 spiro atoms. The van der Waals surface area contributed by atoms with Gasteiger partial charge in [0.1, 0.15) is 17.1 Å². The summed E-state index contributed by atoms with van der Waals surface area (Å²) in [6.45, 7) is 0. The molecule has 3 rings (SSSR count). The first-order valence-electron chi connectivity index (χ1n) is 6.84. The van der Waals surface area contributed by atoms with Crippen molar-refractivity contribution in [2.45, 2.75) is 0 Å². The minimum absolute atomic E-state index is 0.00385. The fraction of sp³-hybridized carbons (Fsp3) is 0.0625. The second-order valence-electron chi connectivity index (χ2n) is 4.93. The highest BCUT2D eigenvalue weighted by Crippen LogP contribution is 2.29. The third kappa shape index (κ3) is 2.84. The molecule has 0 fully saturated rings. The Labute approximate surface area is 135 Å². The van der Waals surface area contributed by atoms with Crippen molar-refractivity contribution < 1.29 is 24.0 Å². The number of carbonyl (C=O) groups is 1. The minimum Gasteiger partial charge on any atom is -0.506 e. The molecule has 0 bridgehead atoms. The third-order valence-corrected chi connectivity index (χ3v) is 3.39. The number of phenolic OH excluding ortho intramolecular Hbond substituents is 1. The fourth-order valence-electron chi connectivity index (χ4n) is 2.18. The smallest absolute Gasteiger partial charge is 0.291 e. The summed E-state index contributed by atoms with van der Waals surface area (Å²) in [5.74, 6) is -0.302. The number of ether oxygens (including phenoxy) is 1. The molecule has 0 saturated heterocycles. The number of non-ortho nitro benzene ring substituents is 1. The number of nitrogens with one attached hydrogen (secondary N) is 1. The Morgan fingerprint density at radius 1 is 1.25 bits per heavy atom. The first-order valence-corrected chi connectivity index (χ1v) is 6.84. The number of hydrogen-bond donors (Lipinski definition) is 2. The maximum absolute atomic E-state index is 12.3. The van der Waals surface area contributed by atoms with E-state index < -0.39 is 10.8 Å². The molecular formula is C16H12N2O6. The number of carbonyl (C=O) groups excluding carboxylic acids is 1. The largest absolute Gasteiger partial charge is 0.506 e. The molecule has 1 aromatic heterocycles. The van der Waals surface area contributed by atoms with Gasteiger partial charge in [-0.05, 0) is 30.3 Å². The molecule has 2 N–H and O–H groups in total. The van der Waals surface area contributed by atoms with Crippen molar-refractivity contribution in [3.8, 4) is 11.5 Å². The SMILES string of the molecule is COc1ccc2oc(C(=O)Nc3cc([N+](=O)[O-])ccc3O)cc2c1. The summed E-state index contributed by atoms with van der Waals surface area (Å²) in [5.41, 5.74) is 0.161. The fourth-order valence-corrected chi connectivity index (χ4v) is 2.18. The average Bonchev–Trinajstić information content (AvgIpc) is 2.99. The van der Waals surface area contributed by atoms with Crippen LogP contribution in [0.1, 0.15) is 10.6 Å². The van der Waals surface area contributed by atoms with Crippen molar-refractivity contribution in [2.75, 3.05) is 12.4 Å². The predicted molar refractivity (Wildman–Crippen MR) is 85.5 cm³/mol. The number of hydrogen-bond acceptors (Lipinski definition) is 6. The van der Waals surface area contributed by atoms with Crippen LogP contribution in [0.15, 0.2) is 46.9 Å². The first-order chi connectivity index (χ1) is 11.5. The van der Waals surface area contributed by atoms with E-state index in [-0.39, 0.29) is 22.9 Å². The number of nitro groups is 1. The van der Waals surface area contributed by atoms with Gasteiger partial charge in [0.25, 0.3) is 11.6 Å². The van der Waals surface area contributed by atoms with Crippen LogP contribution in [0.2, 0.25) is 0 Å². The molecule has 8 nitrogen and oxygen atoms in total. The van der Waals surface area contributed by atoms with Crippen molar-refractivity contribution in [1.29, 1.82) is 0 Å². The van der Waals surface area contributed by atoms with E-state index in [0.29, 0.717) is 16.7 Å². The molecule has 0 radical (unpaired) electrons. The third-order valence-electron chi connectivity index (χ3n) is 3.39. The van der Waals surface area contributed by atoms with Crippen LogP contribution in [0, 0.1) is 10.1 Å². The van der Waals surface area contributed by atoms with Gasteiger partial charge in [-0.25, -0.2) is 0 Å². The van der Waals surface area contributed by atoms with E-state index in [1.165, 1.54) is 13.2 Å². The summed E-state index contributed by atoms with van der Waals surface area (Å²) in [5, 5.41) is 23.6. The Kier molecular flexibility index (Phi) is 3.78. The maximum Gasteiger partial charge on any atom is 0.291 e. The number of anilines is 1. The van der Waals surface area contributed by atoms with Crippen LogP contribution in [0.4, 0.5) is 11.4 Å². The van der Waals surface area contributed by atoms with E-state index in [1.54, 1.807) is 18.2 Å². The molecule has 3 aromatic rings. The minimum atomic E-state index is -0.638. The molecule has 2 aromatic carbocycles. The van der Waals surface area contributed by atoms with Gasteiger partial charge in [-0.1, -0.05) is 0 Å². The molecule has 0 aliphatic heterocycles. The number of furan rings is 1. The zero-order valence-corrected chi connectivity index (χ0v) is 12.5. The topological polar surface area (TPSA) is 115 Å². The van der Waals surface area contributed by atoms with Crippen molar-refractivity contribution in [3.63, 3.8) is 0 Å². The lowest BCUT2D eigenvalue weighted by atomic mass is 10.2. The van der Waals surface area contributed by atoms with Gasteiger partial charge in [-0.3, -0.25) is 14.9 Å². The molecule has 0 unspecified atom stereocenters. The molecule has 122 valence electrons. The van der Waals surface area contributed by atoms with E-state index in [4.69, 9.17) is 9.15 Å². The molecule has 0 saturated carbocycles. The number of nitro benzene ring substituents is 1. The quantitative estimate of drug-likeness (QED) is 0.431. The first kappa shape index (κ1) is 15.3. The molecule has 1 heterocycles. The Hall–Kier alpha value is -3.55. The van der Waals surface area contributed by atoms with E-state index in [0.717, 1.165) is 18.2 Å². The van der Waals surface area contributed by atoms with Crippen LogP contribution in [0.25, 0.3) is 11.0 Å². The van der Waals surface area contributed by atoms with E-state index >= 15 is 0 Å². The number of benzene rings is 2. The van der Waals surface area contributed by atoms with Gasteiger partial charge in [0.15, 0.2) is 5.76 Å². The zero-order chi connectivity index (χ0) is 17.3. The molecule has 0 aliphatic rings. The van der Waals surface area contributed by atoms with Crippen LogP contribution < -0.4 is 10.1 Å². The maximum atomic E-state index is 12.3. The number of fused-ring (bicyclic) bond motifs is 1. The number of phenols is 1. The number of methoxy groups -OCH3 is 1. The molecule has 24 heavy (non-hydrogen) atoms. The standard InChI is InChI=1S/C16H12N2O6/c1-23-11-3-5-14-9(6-11)7-15(24-14)16(20)17-12-8-10(18(21)22)2-4-13(12)19/h2-8,19H,1H3,(H,17,20). The number of amides is 1.